The normalized spacial score (nSPS) is 10.8. The molecule has 0 amide bonds. The molecule has 21 heavy (non-hydrogen) atoms. The van der Waals surface area contributed by atoms with Crippen LogP contribution in [0.4, 0.5) is 5.82 Å². The van der Waals surface area contributed by atoms with Gasteiger partial charge < -0.3 is 15.0 Å². The fraction of sp³-hybridized carbons (Fsp3) is 0.353. The number of rotatable bonds is 7. The third-order valence-corrected chi connectivity index (χ3v) is 3.41. The summed E-state index contributed by atoms with van der Waals surface area (Å²) in [5, 5.41) is 0. The first-order valence-corrected chi connectivity index (χ1v) is 7.25. The van der Waals surface area contributed by atoms with E-state index < -0.39 is 0 Å². The van der Waals surface area contributed by atoms with Crippen molar-refractivity contribution in [2.24, 2.45) is 0 Å². The summed E-state index contributed by atoms with van der Waals surface area (Å²) in [7, 11) is 1.69. The van der Waals surface area contributed by atoms with Crippen molar-refractivity contribution in [1.29, 1.82) is 0 Å². The molecule has 4 nitrogen and oxygen atoms in total. The molecule has 0 atom stereocenters. The minimum absolute atomic E-state index is 0.613. The fourth-order valence-corrected chi connectivity index (χ4v) is 2.40. The maximum absolute atomic E-state index is 6.28. The van der Waals surface area contributed by atoms with Crippen LogP contribution in [0.3, 0.4) is 0 Å². The molecule has 1 aromatic carbocycles. The largest absolute Gasteiger partial charge is 0.383 e. The Labute approximate surface area is 126 Å². The van der Waals surface area contributed by atoms with E-state index in [2.05, 4.69) is 13.5 Å². The van der Waals surface area contributed by atoms with Crippen molar-refractivity contribution in [3.63, 3.8) is 0 Å². The molecule has 0 fully saturated rings. The van der Waals surface area contributed by atoms with E-state index in [1.807, 2.05) is 34.9 Å². The lowest BCUT2D eigenvalue weighted by molar-refractivity contribution is 0.185. The van der Waals surface area contributed by atoms with Crippen molar-refractivity contribution in [2.45, 2.75) is 32.9 Å². The minimum atomic E-state index is 0.613. The number of methoxy groups -OCH3 is 1. The minimum Gasteiger partial charge on any atom is -0.383 e. The van der Waals surface area contributed by atoms with E-state index in [9.17, 15) is 0 Å². The van der Waals surface area contributed by atoms with Gasteiger partial charge in [0.25, 0.3) is 0 Å². The van der Waals surface area contributed by atoms with Crippen molar-refractivity contribution in [2.75, 3.05) is 12.8 Å². The standard InChI is InChI=1S/C17H23N3O/c1-4-6-15-19-16(17(18)20(15)11-5-2)14-9-7-13(8-10-14)12-21-3/h5,7-10H,2,4,6,11-12,18H2,1,3H3. The van der Waals surface area contributed by atoms with Crippen LogP contribution in [-0.4, -0.2) is 16.7 Å². The highest BCUT2D eigenvalue weighted by atomic mass is 16.5. The quantitative estimate of drug-likeness (QED) is 0.793. The predicted octanol–water partition coefficient (Wildman–Crippen LogP) is 3.42. The number of nitrogen functional groups attached to an aromatic ring is 1. The van der Waals surface area contributed by atoms with Crippen LogP contribution in [0.1, 0.15) is 24.7 Å². The summed E-state index contributed by atoms with van der Waals surface area (Å²) >= 11 is 0. The van der Waals surface area contributed by atoms with Gasteiger partial charge in [0.2, 0.25) is 0 Å². The molecular weight excluding hydrogens is 262 g/mol. The Balaban J connectivity index is 2.38. The molecule has 0 bridgehead atoms. The number of hydrogen-bond donors (Lipinski definition) is 1. The molecular formula is C17H23N3O. The first-order chi connectivity index (χ1) is 10.2. The van der Waals surface area contributed by atoms with Gasteiger partial charge in [-0.1, -0.05) is 37.3 Å². The lowest BCUT2D eigenvalue weighted by Gasteiger charge is -2.06. The van der Waals surface area contributed by atoms with E-state index in [1.165, 1.54) is 0 Å². The van der Waals surface area contributed by atoms with Crippen LogP contribution < -0.4 is 5.73 Å². The molecule has 2 N–H and O–H groups in total. The van der Waals surface area contributed by atoms with E-state index in [0.29, 0.717) is 19.0 Å². The van der Waals surface area contributed by atoms with E-state index in [4.69, 9.17) is 15.5 Å². The Hall–Kier alpha value is -2.07. The van der Waals surface area contributed by atoms with Gasteiger partial charge in [-0.3, -0.25) is 0 Å². The average Bonchev–Trinajstić information content (AvgIpc) is 2.79. The second-order valence-electron chi connectivity index (χ2n) is 5.04. The monoisotopic (exact) mass is 285 g/mol. The molecule has 0 aliphatic carbocycles. The van der Waals surface area contributed by atoms with Crippen LogP contribution >= 0.6 is 0 Å². The molecule has 0 saturated carbocycles. The molecule has 0 spiro atoms. The maximum Gasteiger partial charge on any atom is 0.132 e. The Morgan fingerprint density at radius 1 is 1.33 bits per heavy atom. The molecule has 0 saturated heterocycles. The third-order valence-electron chi connectivity index (χ3n) is 3.41. The molecule has 0 aliphatic rings. The van der Waals surface area contributed by atoms with Crippen LogP contribution in [-0.2, 0) is 24.3 Å². The Bertz CT molecular complexity index is 599. The summed E-state index contributed by atoms with van der Waals surface area (Å²) in [6, 6.07) is 8.18. The van der Waals surface area contributed by atoms with Crippen LogP contribution in [0.25, 0.3) is 11.3 Å². The number of nitrogens with two attached hydrogens (primary N) is 1. The highest BCUT2D eigenvalue weighted by Gasteiger charge is 2.14. The van der Waals surface area contributed by atoms with Crippen molar-refractivity contribution in [3.05, 3.63) is 48.3 Å². The summed E-state index contributed by atoms with van der Waals surface area (Å²) in [5.74, 6) is 1.73. The molecule has 4 heteroatoms. The number of anilines is 1. The second kappa shape index (κ2) is 7.09. The zero-order valence-electron chi connectivity index (χ0n) is 12.8. The molecule has 2 rings (SSSR count). The van der Waals surface area contributed by atoms with Gasteiger partial charge in [0.1, 0.15) is 17.3 Å². The smallest absolute Gasteiger partial charge is 0.132 e. The fourth-order valence-electron chi connectivity index (χ4n) is 2.40. The number of hydrogen-bond acceptors (Lipinski definition) is 3. The van der Waals surface area contributed by atoms with Gasteiger partial charge in [-0.15, -0.1) is 6.58 Å². The molecule has 2 aromatic rings. The third kappa shape index (κ3) is 3.34. The van der Waals surface area contributed by atoms with Gasteiger partial charge in [0, 0.05) is 25.6 Å². The number of ether oxygens (including phenoxy) is 1. The molecule has 1 heterocycles. The van der Waals surface area contributed by atoms with Crippen LogP contribution in [0.2, 0.25) is 0 Å². The van der Waals surface area contributed by atoms with Gasteiger partial charge in [-0.05, 0) is 12.0 Å². The SMILES string of the molecule is C=CCn1c(CCC)nc(-c2ccc(COC)cc2)c1N. The summed E-state index contributed by atoms with van der Waals surface area (Å²) in [6.07, 6.45) is 3.81. The van der Waals surface area contributed by atoms with Crippen LogP contribution in [0.15, 0.2) is 36.9 Å². The summed E-state index contributed by atoms with van der Waals surface area (Å²) in [5.41, 5.74) is 9.30. The van der Waals surface area contributed by atoms with E-state index in [0.717, 1.165) is 35.5 Å². The zero-order chi connectivity index (χ0) is 15.2. The van der Waals surface area contributed by atoms with E-state index >= 15 is 0 Å². The highest BCUT2D eigenvalue weighted by molar-refractivity contribution is 5.71. The predicted molar refractivity (Wildman–Crippen MR) is 87.0 cm³/mol. The lowest BCUT2D eigenvalue weighted by Crippen LogP contribution is -2.05. The van der Waals surface area contributed by atoms with Crippen LogP contribution in [0, 0.1) is 0 Å². The zero-order valence-corrected chi connectivity index (χ0v) is 12.8. The molecule has 0 aliphatic heterocycles. The summed E-state index contributed by atoms with van der Waals surface area (Å²) in [6.45, 7) is 7.24. The van der Waals surface area contributed by atoms with Crippen LogP contribution in [0.5, 0.6) is 0 Å². The second-order valence-corrected chi connectivity index (χ2v) is 5.04. The van der Waals surface area contributed by atoms with Crippen molar-refractivity contribution in [3.8, 4) is 11.3 Å². The first-order valence-electron chi connectivity index (χ1n) is 7.25. The average molecular weight is 285 g/mol. The Morgan fingerprint density at radius 2 is 2.05 bits per heavy atom. The van der Waals surface area contributed by atoms with Gasteiger partial charge >= 0.3 is 0 Å². The Morgan fingerprint density at radius 3 is 2.62 bits per heavy atom. The van der Waals surface area contributed by atoms with Crippen molar-refractivity contribution in [1.82, 2.24) is 9.55 Å². The molecule has 0 radical (unpaired) electrons. The number of aromatic nitrogens is 2. The van der Waals surface area contributed by atoms with Gasteiger partial charge in [0.15, 0.2) is 0 Å². The first kappa shape index (κ1) is 15.3. The van der Waals surface area contributed by atoms with Crippen molar-refractivity contribution >= 4 is 5.82 Å². The van der Waals surface area contributed by atoms with Gasteiger partial charge in [0.05, 0.1) is 6.61 Å². The van der Waals surface area contributed by atoms with Gasteiger partial charge in [-0.25, -0.2) is 4.98 Å². The highest BCUT2D eigenvalue weighted by Crippen LogP contribution is 2.27. The Kier molecular flexibility index (Phi) is 5.17. The molecule has 1 aromatic heterocycles. The number of allylic oxidation sites excluding steroid dienone is 1. The maximum atomic E-state index is 6.28. The summed E-state index contributed by atoms with van der Waals surface area (Å²) in [4.78, 5) is 4.72. The lowest BCUT2D eigenvalue weighted by atomic mass is 10.1. The number of aryl methyl sites for hydroxylation is 1. The van der Waals surface area contributed by atoms with Gasteiger partial charge in [-0.2, -0.15) is 0 Å². The molecule has 0 unspecified atom stereocenters. The summed E-state index contributed by atoms with van der Waals surface area (Å²) < 4.78 is 7.17. The van der Waals surface area contributed by atoms with Crippen molar-refractivity contribution < 1.29 is 4.74 Å². The topological polar surface area (TPSA) is 53.1 Å². The number of benzene rings is 1. The number of imidazole rings is 1. The van der Waals surface area contributed by atoms with E-state index in [1.54, 1.807) is 7.11 Å². The van der Waals surface area contributed by atoms with E-state index in [-0.39, 0.29) is 0 Å². The molecule has 112 valence electrons. The number of nitrogens with zero attached hydrogens (tertiary/aromatic N) is 2.